The largest absolute Gasteiger partial charge is 0.494 e. The Morgan fingerprint density at radius 3 is 2.57 bits per heavy atom. The van der Waals surface area contributed by atoms with Crippen molar-refractivity contribution in [2.24, 2.45) is 5.92 Å². The number of sulfonamides is 1. The van der Waals surface area contributed by atoms with Gasteiger partial charge < -0.3 is 14.2 Å². The maximum Gasteiger partial charge on any atom is 0.246 e. The van der Waals surface area contributed by atoms with E-state index in [2.05, 4.69) is 10.1 Å². The van der Waals surface area contributed by atoms with Gasteiger partial charge in [0.2, 0.25) is 27.6 Å². The van der Waals surface area contributed by atoms with Gasteiger partial charge in [0.15, 0.2) is 0 Å². The van der Waals surface area contributed by atoms with Gasteiger partial charge in [0.1, 0.15) is 5.75 Å². The molecule has 10 heteroatoms. The van der Waals surface area contributed by atoms with Gasteiger partial charge >= 0.3 is 0 Å². The van der Waals surface area contributed by atoms with E-state index in [0.29, 0.717) is 37.7 Å². The van der Waals surface area contributed by atoms with Crippen molar-refractivity contribution in [2.45, 2.75) is 38.1 Å². The summed E-state index contributed by atoms with van der Waals surface area (Å²) >= 11 is 0. The Kier molecular flexibility index (Phi) is 7.51. The number of rotatable bonds is 8. The predicted octanol–water partition coefficient (Wildman–Crippen LogP) is 3.50. The smallest absolute Gasteiger partial charge is 0.246 e. The normalized spacial score (nSPS) is 16.7. The molecule has 2 aromatic carbocycles. The van der Waals surface area contributed by atoms with Crippen molar-refractivity contribution in [2.75, 3.05) is 26.7 Å². The Morgan fingerprint density at radius 2 is 1.89 bits per heavy atom. The molecule has 186 valence electrons. The Morgan fingerprint density at radius 1 is 1.17 bits per heavy atom. The summed E-state index contributed by atoms with van der Waals surface area (Å²) in [5.41, 5.74) is 1.77. The van der Waals surface area contributed by atoms with Gasteiger partial charge in [-0.1, -0.05) is 22.9 Å². The first kappa shape index (κ1) is 24.9. The molecule has 9 nitrogen and oxygen atoms in total. The van der Waals surface area contributed by atoms with E-state index in [4.69, 9.17) is 9.26 Å². The van der Waals surface area contributed by atoms with E-state index < -0.39 is 15.9 Å². The second kappa shape index (κ2) is 10.6. The third-order valence-corrected chi connectivity index (χ3v) is 7.91. The number of piperidine rings is 1. The highest BCUT2D eigenvalue weighted by atomic mass is 32.2. The molecule has 1 amide bonds. The quantitative estimate of drug-likeness (QED) is 0.468. The van der Waals surface area contributed by atoms with Crippen molar-refractivity contribution in [3.05, 3.63) is 60.0 Å². The summed E-state index contributed by atoms with van der Waals surface area (Å²) in [6, 6.07) is 14.1. The van der Waals surface area contributed by atoms with Gasteiger partial charge in [0.05, 0.1) is 24.0 Å². The monoisotopic (exact) mass is 498 g/mol. The molecule has 1 aromatic heterocycles. The highest BCUT2D eigenvalue weighted by molar-refractivity contribution is 7.89. The molecular formula is C25H30N4O5S. The van der Waals surface area contributed by atoms with Crippen LogP contribution in [-0.2, 0) is 21.4 Å². The number of nitrogens with zero attached hydrogens (tertiary/aromatic N) is 4. The number of aryl methyl sites for hydroxylation is 1. The second-order valence-corrected chi connectivity index (χ2v) is 10.6. The molecule has 1 aliphatic heterocycles. The zero-order valence-electron chi connectivity index (χ0n) is 20.2. The Balaban J connectivity index is 1.39. The van der Waals surface area contributed by atoms with Crippen LogP contribution in [0.2, 0.25) is 0 Å². The van der Waals surface area contributed by atoms with Gasteiger partial charge in [0.25, 0.3) is 0 Å². The fourth-order valence-electron chi connectivity index (χ4n) is 4.12. The van der Waals surface area contributed by atoms with E-state index in [1.807, 2.05) is 38.1 Å². The first-order valence-corrected chi connectivity index (χ1v) is 13.1. The third-order valence-electron chi connectivity index (χ3n) is 6.03. The lowest BCUT2D eigenvalue weighted by atomic mass is 9.98. The molecule has 0 unspecified atom stereocenters. The van der Waals surface area contributed by atoms with Crippen LogP contribution in [0, 0.1) is 12.8 Å². The number of benzene rings is 2. The number of ether oxygens (including phenoxy) is 1. The van der Waals surface area contributed by atoms with Crippen molar-refractivity contribution in [1.29, 1.82) is 0 Å². The lowest BCUT2D eigenvalue weighted by molar-refractivity contribution is -0.136. The van der Waals surface area contributed by atoms with Gasteiger partial charge in [-0.05, 0) is 63.1 Å². The second-order valence-electron chi connectivity index (χ2n) is 8.68. The summed E-state index contributed by atoms with van der Waals surface area (Å²) < 4.78 is 38.4. The van der Waals surface area contributed by atoms with E-state index in [1.54, 1.807) is 31.3 Å². The minimum absolute atomic E-state index is 0.143. The average Bonchev–Trinajstić information content (AvgIpc) is 3.33. The Bertz CT molecular complexity index is 1260. The third kappa shape index (κ3) is 5.71. The van der Waals surface area contributed by atoms with Crippen molar-refractivity contribution < 1.29 is 22.5 Å². The molecule has 1 saturated heterocycles. The maximum absolute atomic E-state index is 13.1. The predicted molar refractivity (Wildman–Crippen MR) is 130 cm³/mol. The van der Waals surface area contributed by atoms with Gasteiger partial charge in [-0.25, -0.2) is 8.42 Å². The standard InChI is InChI=1S/C25H30N4O5S/c1-4-33-21-11-9-19(10-12-21)24-26-23(34-27-24)17-28(3)25(30)20-6-5-15-29(16-20)35(31,32)22-13-7-18(2)8-14-22/h7-14,20H,4-6,15-17H2,1-3H3/t20-/m0/s1. The summed E-state index contributed by atoms with van der Waals surface area (Å²) in [6.07, 6.45) is 1.25. The first-order chi connectivity index (χ1) is 16.8. The summed E-state index contributed by atoms with van der Waals surface area (Å²) in [5, 5.41) is 4.02. The van der Waals surface area contributed by atoms with Crippen LogP contribution in [0.5, 0.6) is 5.75 Å². The summed E-state index contributed by atoms with van der Waals surface area (Å²) in [6.45, 7) is 5.11. The Hall–Kier alpha value is -3.24. The van der Waals surface area contributed by atoms with Crippen LogP contribution in [-0.4, -0.2) is 60.4 Å². The number of hydrogen-bond acceptors (Lipinski definition) is 7. The van der Waals surface area contributed by atoms with Gasteiger partial charge in [-0.3, -0.25) is 4.79 Å². The fourth-order valence-corrected chi connectivity index (χ4v) is 5.64. The molecule has 0 aliphatic carbocycles. The van der Waals surface area contributed by atoms with Gasteiger partial charge in [-0.2, -0.15) is 9.29 Å². The van der Waals surface area contributed by atoms with Crippen molar-refractivity contribution in [3.63, 3.8) is 0 Å². The van der Waals surface area contributed by atoms with Crippen LogP contribution in [0.25, 0.3) is 11.4 Å². The topological polar surface area (TPSA) is 106 Å². The molecule has 0 N–H and O–H groups in total. The van der Waals surface area contributed by atoms with Crippen LogP contribution in [0.3, 0.4) is 0 Å². The highest BCUT2D eigenvalue weighted by Crippen LogP contribution is 2.26. The molecule has 1 fully saturated rings. The van der Waals surface area contributed by atoms with Crippen molar-refractivity contribution in [1.82, 2.24) is 19.3 Å². The molecule has 4 rings (SSSR count). The fraction of sp³-hybridized carbons (Fsp3) is 0.400. The molecule has 2 heterocycles. The SMILES string of the molecule is CCOc1ccc(-c2noc(CN(C)C(=O)[C@H]3CCCN(S(=O)(=O)c4ccc(C)cc4)C3)n2)cc1. The summed E-state index contributed by atoms with van der Waals surface area (Å²) in [4.78, 5) is 19.3. The number of carbonyl (C=O) groups excluding carboxylic acids is 1. The van der Waals surface area contributed by atoms with Crippen LogP contribution in [0.15, 0.2) is 57.9 Å². The van der Waals surface area contributed by atoms with Crippen molar-refractivity contribution in [3.8, 4) is 17.1 Å². The molecule has 3 aromatic rings. The summed E-state index contributed by atoms with van der Waals surface area (Å²) in [7, 11) is -1.99. The minimum atomic E-state index is -3.65. The Labute approximate surface area is 205 Å². The van der Waals surface area contributed by atoms with E-state index in [1.165, 1.54) is 9.21 Å². The molecule has 0 radical (unpaired) electrons. The lowest BCUT2D eigenvalue weighted by Crippen LogP contribution is -2.45. The number of hydrogen-bond donors (Lipinski definition) is 0. The molecular weight excluding hydrogens is 468 g/mol. The van der Waals surface area contributed by atoms with E-state index in [0.717, 1.165) is 16.9 Å². The van der Waals surface area contributed by atoms with E-state index in [9.17, 15) is 13.2 Å². The lowest BCUT2D eigenvalue weighted by Gasteiger charge is -2.33. The zero-order chi connectivity index (χ0) is 25.0. The van der Waals surface area contributed by atoms with Crippen LogP contribution in [0.1, 0.15) is 31.2 Å². The van der Waals surface area contributed by atoms with E-state index >= 15 is 0 Å². The van der Waals surface area contributed by atoms with Crippen LogP contribution < -0.4 is 4.74 Å². The average molecular weight is 499 g/mol. The molecule has 1 atom stereocenters. The molecule has 0 bridgehead atoms. The van der Waals surface area contributed by atoms with E-state index in [-0.39, 0.29) is 23.9 Å². The number of amides is 1. The molecule has 0 saturated carbocycles. The van der Waals surface area contributed by atoms with Gasteiger partial charge in [0, 0.05) is 25.7 Å². The summed E-state index contributed by atoms with van der Waals surface area (Å²) in [5.74, 6) is 0.926. The minimum Gasteiger partial charge on any atom is -0.494 e. The first-order valence-electron chi connectivity index (χ1n) is 11.7. The molecule has 0 spiro atoms. The maximum atomic E-state index is 13.1. The van der Waals surface area contributed by atoms with Gasteiger partial charge in [-0.15, -0.1) is 0 Å². The number of aromatic nitrogens is 2. The van der Waals surface area contributed by atoms with Crippen LogP contribution >= 0.6 is 0 Å². The van der Waals surface area contributed by atoms with Crippen molar-refractivity contribution >= 4 is 15.9 Å². The molecule has 35 heavy (non-hydrogen) atoms. The molecule has 1 aliphatic rings. The van der Waals surface area contributed by atoms with Crippen LogP contribution in [0.4, 0.5) is 0 Å². The zero-order valence-corrected chi connectivity index (χ0v) is 21.0. The number of carbonyl (C=O) groups is 1. The highest BCUT2D eigenvalue weighted by Gasteiger charge is 2.34.